The molecule has 9 nitrogen and oxygen atoms in total. The molecule has 3 aromatic rings. The lowest BCUT2D eigenvalue weighted by Gasteiger charge is -2.28. The Morgan fingerprint density at radius 2 is 1.79 bits per heavy atom. The maximum Gasteiger partial charge on any atom is 0.277 e. The second-order valence-electron chi connectivity index (χ2n) is 10.3. The van der Waals surface area contributed by atoms with Gasteiger partial charge < -0.3 is 14.7 Å². The van der Waals surface area contributed by atoms with Crippen molar-refractivity contribution in [3.05, 3.63) is 65.4 Å². The first kappa shape index (κ1) is 25.4. The zero-order chi connectivity index (χ0) is 26.3. The highest BCUT2D eigenvalue weighted by molar-refractivity contribution is 7.94. The second-order valence-corrected chi connectivity index (χ2v) is 11.0. The van der Waals surface area contributed by atoms with Crippen LogP contribution in [0.5, 0.6) is 5.75 Å². The molecule has 2 fully saturated rings. The van der Waals surface area contributed by atoms with E-state index in [1.54, 1.807) is 11.8 Å². The van der Waals surface area contributed by atoms with Crippen LogP contribution in [0.2, 0.25) is 0 Å². The summed E-state index contributed by atoms with van der Waals surface area (Å²) >= 11 is 1.01. The first-order valence-corrected chi connectivity index (χ1v) is 13.7. The molecule has 1 saturated carbocycles. The summed E-state index contributed by atoms with van der Waals surface area (Å²) in [7, 11) is 3.06. The molecule has 3 heterocycles. The summed E-state index contributed by atoms with van der Waals surface area (Å²) in [5.74, 6) is 0.633. The van der Waals surface area contributed by atoms with E-state index in [0.717, 1.165) is 73.6 Å². The number of fused-ring (bicyclic) bond motifs is 1. The lowest BCUT2D eigenvalue weighted by molar-refractivity contribution is -0.160. The van der Waals surface area contributed by atoms with Gasteiger partial charge in [-0.2, -0.15) is 9.43 Å². The van der Waals surface area contributed by atoms with E-state index in [1.807, 2.05) is 29.2 Å². The second kappa shape index (κ2) is 10.3. The number of likely N-dealkylation sites (tertiary alicyclic amines) is 1. The number of aliphatic hydroxyl groups excluding tert-OH is 1. The average molecular weight is 537 g/mol. The summed E-state index contributed by atoms with van der Waals surface area (Å²) < 4.78 is 12.1. The van der Waals surface area contributed by atoms with Gasteiger partial charge in [-0.15, -0.1) is 0 Å². The zero-order valence-corrected chi connectivity index (χ0v) is 22.4. The molecule has 1 N–H and O–H groups in total. The largest absolute Gasteiger partial charge is 0.497 e. The molecule has 10 heteroatoms. The molecule has 38 heavy (non-hydrogen) atoms. The van der Waals surface area contributed by atoms with Crippen LogP contribution in [0.1, 0.15) is 40.9 Å². The summed E-state index contributed by atoms with van der Waals surface area (Å²) in [5.41, 5.74) is 4.50. The first-order chi connectivity index (χ1) is 18.5. The quantitative estimate of drug-likeness (QED) is 0.251. The van der Waals surface area contributed by atoms with Gasteiger partial charge in [0.05, 0.1) is 38.1 Å². The topological polar surface area (TPSA) is 89.3 Å². The van der Waals surface area contributed by atoms with Gasteiger partial charge in [0.15, 0.2) is 5.03 Å². The Balaban J connectivity index is 1.26. The molecule has 0 radical (unpaired) electrons. The molecule has 1 saturated heterocycles. The van der Waals surface area contributed by atoms with E-state index < -0.39 is 0 Å². The van der Waals surface area contributed by atoms with Gasteiger partial charge in [0, 0.05) is 42.8 Å². The molecule has 0 bridgehead atoms. The third kappa shape index (κ3) is 4.71. The standard InChI is InChI=1S/C28H32N4O5S/c1-35-23-9-7-21(8-10-23)32-25-24(26(29-32)38-37-36-2)12-16-31(27(25)34)20-5-3-19(4-6-20)28(13-14-28)18-30-15-11-22(33)17-30/h3-10,22,33H,11-18H2,1-2H3/t22-/m1/s1. The van der Waals surface area contributed by atoms with Gasteiger partial charge in [-0.3, -0.25) is 9.69 Å². The monoisotopic (exact) mass is 536 g/mol. The normalized spacial score (nSPS) is 20.6. The van der Waals surface area contributed by atoms with Gasteiger partial charge in [-0.05, 0) is 67.6 Å². The van der Waals surface area contributed by atoms with E-state index in [-0.39, 0.29) is 17.4 Å². The number of methoxy groups -OCH3 is 1. The van der Waals surface area contributed by atoms with Crippen LogP contribution in [0.15, 0.2) is 53.6 Å². The van der Waals surface area contributed by atoms with Crippen LogP contribution in [-0.4, -0.2) is 72.2 Å². The summed E-state index contributed by atoms with van der Waals surface area (Å²) in [6.45, 7) is 3.27. The zero-order valence-electron chi connectivity index (χ0n) is 21.6. The fraction of sp³-hybridized carbons (Fsp3) is 0.429. The number of aromatic nitrogens is 2. The smallest absolute Gasteiger partial charge is 0.277 e. The molecule has 200 valence electrons. The van der Waals surface area contributed by atoms with Gasteiger partial charge in [0.25, 0.3) is 5.91 Å². The van der Waals surface area contributed by atoms with Crippen LogP contribution in [0.3, 0.4) is 0 Å². The van der Waals surface area contributed by atoms with E-state index >= 15 is 0 Å². The van der Waals surface area contributed by atoms with E-state index in [1.165, 1.54) is 12.7 Å². The van der Waals surface area contributed by atoms with Gasteiger partial charge in [-0.25, -0.2) is 9.57 Å². The summed E-state index contributed by atoms with van der Waals surface area (Å²) in [4.78, 5) is 22.9. The Morgan fingerprint density at radius 1 is 1.05 bits per heavy atom. The van der Waals surface area contributed by atoms with Crippen molar-refractivity contribution in [3.63, 3.8) is 0 Å². The number of hydrogen-bond acceptors (Lipinski definition) is 8. The highest BCUT2D eigenvalue weighted by atomic mass is 32.2. The van der Waals surface area contributed by atoms with Gasteiger partial charge in [-0.1, -0.05) is 12.1 Å². The van der Waals surface area contributed by atoms with Crippen molar-refractivity contribution in [2.45, 2.75) is 42.2 Å². The van der Waals surface area contributed by atoms with Crippen LogP contribution in [0.25, 0.3) is 5.69 Å². The van der Waals surface area contributed by atoms with Crippen molar-refractivity contribution in [2.24, 2.45) is 0 Å². The van der Waals surface area contributed by atoms with E-state index in [2.05, 4.69) is 29.2 Å². The number of carbonyl (C=O) groups is 1. The number of β-amino-alcohol motifs (C(OH)–C–C–N with tert-alkyl or cyclic N) is 1. The van der Waals surface area contributed by atoms with Crippen LogP contribution in [0, 0.1) is 0 Å². The molecule has 1 atom stereocenters. The number of carbonyl (C=O) groups excluding carboxylic acids is 1. The summed E-state index contributed by atoms with van der Waals surface area (Å²) in [5, 5.41) is 15.2. The van der Waals surface area contributed by atoms with Crippen LogP contribution < -0.4 is 9.64 Å². The minimum absolute atomic E-state index is 0.0984. The first-order valence-electron chi connectivity index (χ1n) is 13.0. The maximum atomic E-state index is 13.9. The number of hydrogen-bond donors (Lipinski definition) is 1. The highest BCUT2D eigenvalue weighted by Gasteiger charge is 2.46. The van der Waals surface area contributed by atoms with Gasteiger partial charge >= 0.3 is 0 Å². The number of anilines is 1. The highest BCUT2D eigenvalue weighted by Crippen LogP contribution is 2.49. The van der Waals surface area contributed by atoms with Gasteiger partial charge in [0.1, 0.15) is 11.4 Å². The minimum Gasteiger partial charge on any atom is -0.497 e. The Morgan fingerprint density at radius 3 is 2.42 bits per heavy atom. The molecule has 1 aliphatic carbocycles. The van der Waals surface area contributed by atoms with Gasteiger partial charge in [0.2, 0.25) is 0 Å². The molecule has 3 aliphatic rings. The third-order valence-electron chi connectivity index (χ3n) is 7.90. The number of benzene rings is 2. The number of rotatable bonds is 9. The fourth-order valence-electron chi connectivity index (χ4n) is 5.69. The Hall–Kier alpha value is -2.89. The summed E-state index contributed by atoms with van der Waals surface area (Å²) in [6.07, 6.45) is 3.63. The lowest BCUT2D eigenvalue weighted by atomic mass is 9.94. The predicted molar refractivity (Wildman–Crippen MR) is 144 cm³/mol. The number of nitrogens with zero attached hydrogens (tertiary/aromatic N) is 4. The predicted octanol–water partition coefficient (Wildman–Crippen LogP) is 3.77. The SMILES string of the molecule is COOSc1nn(-c2ccc(OC)cc2)c2c1CCN(c1ccc(C3(CN4CC[C@@H](O)C4)CC3)cc1)C2=O. The molecule has 6 rings (SSSR count). The Kier molecular flexibility index (Phi) is 6.92. The minimum atomic E-state index is -0.200. The van der Waals surface area contributed by atoms with Crippen molar-refractivity contribution < 1.29 is 23.9 Å². The Bertz CT molecular complexity index is 1310. The molecular formula is C28H32N4O5S. The van der Waals surface area contributed by atoms with Crippen molar-refractivity contribution >= 4 is 23.6 Å². The summed E-state index contributed by atoms with van der Waals surface area (Å²) in [6, 6.07) is 15.9. The molecular weight excluding hydrogens is 504 g/mol. The number of aliphatic hydroxyl groups is 1. The van der Waals surface area contributed by atoms with E-state index in [4.69, 9.17) is 19.1 Å². The molecule has 1 aromatic heterocycles. The maximum absolute atomic E-state index is 13.9. The number of ether oxygens (including phenoxy) is 1. The number of amides is 1. The van der Waals surface area contributed by atoms with Crippen LogP contribution in [0.4, 0.5) is 5.69 Å². The molecule has 0 unspecified atom stereocenters. The molecule has 1 amide bonds. The fourth-order valence-corrected chi connectivity index (χ4v) is 6.23. The average Bonchev–Trinajstić information content (AvgIpc) is 3.46. The van der Waals surface area contributed by atoms with Crippen LogP contribution in [-0.2, 0) is 21.1 Å². The van der Waals surface area contributed by atoms with Crippen molar-refractivity contribution in [1.82, 2.24) is 14.7 Å². The molecule has 2 aliphatic heterocycles. The third-order valence-corrected chi connectivity index (χ3v) is 8.59. The van der Waals surface area contributed by atoms with Crippen molar-refractivity contribution in [2.75, 3.05) is 45.3 Å². The molecule has 0 spiro atoms. The van der Waals surface area contributed by atoms with Crippen molar-refractivity contribution in [1.29, 1.82) is 0 Å². The lowest BCUT2D eigenvalue weighted by Crippen LogP contribution is -2.38. The van der Waals surface area contributed by atoms with E-state index in [0.29, 0.717) is 23.7 Å². The van der Waals surface area contributed by atoms with Crippen molar-refractivity contribution in [3.8, 4) is 11.4 Å². The molecule has 2 aromatic carbocycles. The Labute approximate surface area is 226 Å². The van der Waals surface area contributed by atoms with Crippen LogP contribution >= 0.6 is 12.0 Å². The van der Waals surface area contributed by atoms with E-state index in [9.17, 15) is 9.90 Å².